The molecule has 0 radical (unpaired) electrons. The van der Waals surface area contributed by atoms with Gasteiger partial charge >= 0.3 is 5.97 Å². The summed E-state index contributed by atoms with van der Waals surface area (Å²) in [6.07, 6.45) is 0.701. The van der Waals surface area contributed by atoms with E-state index in [2.05, 4.69) is 0 Å². The summed E-state index contributed by atoms with van der Waals surface area (Å²) in [6, 6.07) is 3.57. The summed E-state index contributed by atoms with van der Waals surface area (Å²) in [7, 11) is 3.02. The van der Waals surface area contributed by atoms with E-state index in [1.807, 2.05) is 0 Å². The zero-order chi connectivity index (χ0) is 12.8. The average molecular weight is 239 g/mol. The van der Waals surface area contributed by atoms with Gasteiger partial charge in [0.15, 0.2) is 11.5 Å². The largest absolute Gasteiger partial charge is 0.493 e. The van der Waals surface area contributed by atoms with Crippen molar-refractivity contribution < 1.29 is 19.0 Å². The zero-order valence-electron chi connectivity index (χ0n) is 10.3. The molecule has 0 atom stereocenters. The van der Waals surface area contributed by atoms with E-state index in [1.54, 1.807) is 12.1 Å². The van der Waals surface area contributed by atoms with E-state index in [0.717, 1.165) is 5.56 Å². The number of esters is 1. The van der Waals surface area contributed by atoms with Crippen molar-refractivity contribution in [3.8, 4) is 17.2 Å². The average Bonchev–Trinajstić information content (AvgIpc) is 2.30. The Balaban J connectivity index is 3.20. The lowest BCUT2D eigenvalue weighted by atomic mass is 10.1. The Morgan fingerprint density at radius 2 is 1.76 bits per heavy atom. The van der Waals surface area contributed by atoms with E-state index in [9.17, 15) is 4.79 Å². The van der Waals surface area contributed by atoms with E-state index in [4.69, 9.17) is 19.9 Å². The fraction of sp³-hybridized carbons (Fsp3) is 0.417. The predicted octanol–water partition coefficient (Wildman–Crippen LogP) is 1.13. The first-order chi connectivity index (χ1) is 8.12. The van der Waals surface area contributed by atoms with E-state index in [0.29, 0.717) is 30.2 Å². The first-order valence-corrected chi connectivity index (χ1v) is 5.25. The third-order valence-corrected chi connectivity index (χ3v) is 2.20. The molecule has 0 saturated carbocycles. The number of methoxy groups -OCH3 is 2. The van der Waals surface area contributed by atoms with E-state index < -0.39 is 5.97 Å². The zero-order valence-corrected chi connectivity index (χ0v) is 10.3. The summed E-state index contributed by atoms with van der Waals surface area (Å²) < 4.78 is 15.4. The highest BCUT2D eigenvalue weighted by molar-refractivity contribution is 5.72. The number of rotatable bonds is 5. The molecule has 5 nitrogen and oxygen atoms in total. The number of hydrogen-bond acceptors (Lipinski definition) is 5. The van der Waals surface area contributed by atoms with Gasteiger partial charge in [0.25, 0.3) is 0 Å². The first kappa shape index (κ1) is 13.3. The van der Waals surface area contributed by atoms with Gasteiger partial charge in [-0.05, 0) is 30.7 Å². The SMILES string of the molecule is COc1cc(CCN)cc(OC)c1OC(C)=O. The number of carbonyl (C=O) groups excluding carboxylic acids is 1. The molecule has 94 valence electrons. The van der Waals surface area contributed by atoms with Crippen LogP contribution in [0.1, 0.15) is 12.5 Å². The van der Waals surface area contributed by atoms with Crippen LogP contribution in [-0.2, 0) is 11.2 Å². The highest BCUT2D eigenvalue weighted by Crippen LogP contribution is 2.38. The van der Waals surface area contributed by atoms with Crippen molar-refractivity contribution in [2.45, 2.75) is 13.3 Å². The van der Waals surface area contributed by atoms with E-state index >= 15 is 0 Å². The van der Waals surface area contributed by atoms with Gasteiger partial charge in [-0.25, -0.2) is 0 Å². The topological polar surface area (TPSA) is 70.8 Å². The van der Waals surface area contributed by atoms with Gasteiger partial charge in [0.05, 0.1) is 14.2 Å². The van der Waals surface area contributed by atoms with Gasteiger partial charge in [-0.3, -0.25) is 4.79 Å². The van der Waals surface area contributed by atoms with Gasteiger partial charge in [0.2, 0.25) is 5.75 Å². The van der Waals surface area contributed by atoms with Crippen LogP contribution in [0.3, 0.4) is 0 Å². The maximum atomic E-state index is 11.0. The minimum absolute atomic E-state index is 0.295. The lowest BCUT2D eigenvalue weighted by Gasteiger charge is -2.14. The molecule has 0 spiro atoms. The Bertz CT molecular complexity index is 378. The molecule has 5 heteroatoms. The monoisotopic (exact) mass is 239 g/mol. The molecule has 0 unspecified atom stereocenters. The minimum Gasteiger partial charge on any atom is -0.493 e. The van der Waals surface area contributed by atoms with Crippen LogP contribution in [0.4, 0.5) is 0 Å². The van der Waals surface area contributed by atoms with Gasteiger partial charge in [0, 0.05) is 6.92 Å². The van der Waals surface area contributed by atoms with Crippen LogP contribution in [0.15, 0.2) is 12.1 Å². The van der Waals surface area contributed by atoms with Crippen molar-refractivity contribution in [2.75, 3.05) is 20.8 Å². The molecular formula is C12H17NO4. The molecule has 0 aliphatic carbocycles. The third kappa shape index (κ3) is 3.35. The standard InChI is InChI=1S/C12H17NO4/c1-8(14)17-12-10(15-2)6-9(4-5-13)7-11(12)16-3/h6-7H,4-5,13H2,1-3H3. The van der Waals surface area contributed by atoms with Crippen LogP contribution >= 0.6 is 0 Å². The Hall–Kier alpha value is -1.75. The molecule has 1 rings (SSSR count). The van der Waals surface area contributed by atoms with Crippen molar-refractivity contribution in [1.29, 1.82) is 0 Å². The molecule has 0 aromatic heterocycles. The summed E-state index contributed by atoms with van der Waals surface area (Å²) in [5.41, 5.74) is 6.46. The summed E-state index contributed by atoms with van der Waals surface area (Å²) in [4.78, 5) is 11.0. The van der Waals surface area contributed by atoms with Gasteiger partial charge in [-0.15, -0.1) is 0 Å². The molecule has 17 heavy (non-hydrogen) atoms. The Labute approximate surface area is 100 Å². The lowest BCUT2D eigenvalue weighted by molar-refractivity contribution is -0.132. The van der Waals surface area contributed by atoms with Crippen LogP contribution in [-0.4, -0.2) is 26.7 Å². The van der Waals surface area contributed by atoms with Gasteiger partial charge in [-0.1, -0.05) is 0 Å². The van der Waals surface area contributed by atoms with Crippen LogP contribution in [0, 0.1) is 0 Å². The Morgan fingerprint density at radius 3 is 2.12 bits per heavy atom. The maximum Gasteiger partial charge on any atom is 0.308 e. The summed E-state index contributed by atoms with van der Waals surface area (Å²) in [6.45, 7) is 1.85. The predicted molar refractivity (Wildman–Crippen MR) is 63.6 cm³/mol. The second-order valence-electron chi connectivity index (χ2n) is 3.46. The van der Waals surface area contributed by atoms with Crippen molar-refractivity contribution in [3.63, 3.8) is 0 Å². The normalized spacial score (nSPS) is 9.88. The molecule has 1 aromatic carbocycles. The molecule has 0 fully saturated rings. The maximum absolute atomic E-state index is 11.0. The molecule has 0 amide bonds. The van der Waals surface area contributed by atoms with Crippen LogP contribution in [0.2, 0.25) is 0 Å². The molecule has 0 heterocycles. The van der Waals surface area contributed by atoms with Crippen molar-refractivity contribution in [1.82, 2.24) is 0 Å². The van der Waals surface area contributed by atoms with Crippen LogP contribution in [0.25, 0.3) is 0 Å². The molecule has 0 bridgehead atoms. The van der Waals surface area contributed by atoms with E-state index in [1.165, 1.54) is 21.1 Å². The second-order valence-corrected chi connectivity index (χ2v) is 3.46. The van der Waals surface area contributed by atoms with Gasteiger partial charge < -0.3 is 19.9 Å². The summed E-state index contributed by atoms with van der Waals surface area (Å²) in [5, 5.41) is 0. The quantitative estimate of drug-likeness (QED) is 0.616. The third-order valence-electron chi connectivity index (χ3n) is 2.20. The summed E-state index contributed by atoms with van der Waals surface area (Å²) >= 11 is 0. The van der Waals surface area contributed by atoms with E-state index in [-0.39, 0.29) is 0 Å². The van der Waals surface area contributed by atoms with Crippen LogP contribution < -0.4 is 19.9 Å². The molecule has 0 aliphatic heterocycles. The highest BCUT2D eigenvalue weighted by atomic mass is 16.6. The molecular weight excluding hydrogens is 222 g/mol. The minimum atomic E-state index is -0.423. The number of hydrogen-bond donors (Lipinski definition) is 1. The smallest absolute Gasteiger partial charge is 0.308 e. The Morgan fingerprint density at radius 1 is 1.24 bits per heavy atom. The highest BCUT2D eigenvalue weighted by Gasteiger charge is 2.15. The van der Waals surface area contributed by atoms with Crippen molar-refractivity contribution in [2.24, 2.45) is 5.73 Å². The fourth-order valence-corrected chi connectivity index (χ4v) is 1.49. The molecule has 0 saturated heterocycles. The second kappa shape index (κ2) is 6.10. The van der Waals surface area contributed by atoms with Crippen molar-refractivity contribution >= 4 is 5.97 Å². The number of benzene rings is 1. The number of carbonyl (C=O) groups is 1. The molecule has 1 aromatic rings. The van der Waals surface area contributed by atoms with Gasteiger partial charge in [0.1, 0.15) is 0 Å². The number of ether oxygens (including phenoxy) is 3. The molecule has 0 aliphatic rings. The lowest BCUT2D eigenvalue weighted by Crippen LogP contribution is -2.07. The summed E-state index contributed by atoms with van der Waals surface area (Å²) in [5.74, 6) is 0.794. The number of nitrogens with two attached hydrogens (primary N) is 1. The van der Waals surface area contributed by atoms with Crippen LogP contribution in [0.5, 0.6) is 17.2 Å². The Kier molecular flexibility index (Phi) is 4.78. The fourth-order valence-electron chi connectivity index (χ4n) is 1.49. The molecule has 2 N–H and O–H groups in total. The first-order valence-electron chi connectivity index (χ1n) is 5.25. The van der Waals surface area contributed by atoms with Crippen molar-refractivity contribution in [3.05, 3.63) is 17.7 Å². The van der Waals surface area contributed by atoms with Gasteiger partial charge in [-0.2, -0.15) is 0 Å².